The molecule has 1 atom stereocenters. The summed E-state index contributed by atoms with van der Waals surface area (Å²) in [6.45, 7) is 6.44. The molecule has 1 N–H and O–H groups in total. The van der Waals surface area contributed by atoms with E-state index < -0.39 is 0 Å². The Balaban J connectivity index is 2.84. The molecule has 106 valence electrons. The lowest BCUT2D eigenvalue weighted by Crippen LogP contribution is -2.03. The molecule has 0 radical (unpaired) electrons. The maximum atomic E-state index is 12.0. The lowest BCUT2D eigenvalue weighted by molar-refractivity contribution is 0.0745. The molecule has 19 heavy (non-hydrogen) atoms. The van der Waals surface area contributed by atoms with E-state index in [0.717, 1.165) is 18.6 Å². The van der Waals surface area contributed by atoms with E-state index in [9.17, 15) is 9.90 Å². The second-order valence-electron chi connectivity index (χ2n) is 4.33. The summed E-state index contributed by atoms with van der Waals surface area (Å²) >= 11 is 1.26. The third-order valence-corrected chi connectivity index (χ3v) is 3.85. The number of hydrogen-bond acceptors (Lipinski definition) is 4. The zero-order valence-electron chi connectivity index (χ0n) is 11.8. The Kier molecular flexibility index (Phi) is 6.95. The minimum atomic E-state index is -0.210. The van der Waals surface area contributed by atoms with Gasteiger partial charge in [0.05, 0.1) is 11.7 Å². The molecule has 0 aliphatic rings. The Bertz CT molecular complexity index is 418. The summed E-state index contributed by atoms with van der Waals surface area (Å²) < 4.78 is 5.46. The van der Waals surface area contributed by atoms with Gasteiger partial charge in [0.15, 0.2) is 0 Å². The molecule has 0 bridgehead atoms. The number of phenolic OH excluding ortho intramolecular Hbond substituents is 1. The number of benzene rings is 1. The van der Waals surface area contributed by atoms with Crippen LogP contribution in [0.1, 0.15) is 55.6 Å². The minimum Gasteiger partial charge on any atom is -0.507 e. The predicted molar refractivity (Wildman–Crippen MR) is 79.8 cm³/mol. The monoisotopic (exact) mass is 282 g/mol. The Labute approximate surface area is 119 Å². The molecule has 0 aliphatic carbocycles. The standard InChI is InChI=1S/C15H22O3S/c1-4-6-10-19-15(17)13-9-7-8-12(14(13)16)11(3)18-5-2/h7-9,11,16H,4-6,10H2,1-3H3/t11-/m0/s1. The van der Waals surface area contributed by atoms with Crippen LogP contribution in [0.2, 0.25) is 0 Å². The van der Waals surface area contributed by atoms with E-state index in [0.29, 0.717) is 17.7 Å². The van der Waals surface area contributed by atoms with Crippen molar-refractivity contribution in [2.75, 3.05) is 12.4 Å². The lowest BCUT2D eigenvalue weighted by atomic mass is 10.1. The average Bonchev–Trinajstić information content (AvgIpc) is 2.39. The molecule has 4 heteroatoms. The number of carbonyl (C=O) groups excluding carboxylic acids is 1. The predicted octanol–water partition coefficient (Wildman–Crippen LogP) is 4.16. The fourth-order valence-electron chi connectivity index (χ4n) is 1.78. The van der Waals surface area contributed by atoms with E-state index in [-0.39, 0.29) is 17.0 Å². The molecule has 0 saturated carbocycles. The summed E-state index contributed by atoms with van der Waals surface area (Å²) in [5.74, 6) is 0.845. The van der Waals surface area contributed by atoms with Crippen LogP contribution in [0.3, 0.4) is 0 Å². The van der Waals surface area contributed by atoms with Gasteiger partial charge in [0, 0.05) is 17.9 Å². The molecule has 1 aromatic rings. The molecule has 0 amide bonds. The maximum Gasteiger partial charge on any atom is 0.223 e. The van der Waals surface area contributed by atoms with Crippen molar-refractivity contribution in [2.24, 2.45) is 0 Å². The number of hydrogen-bond donors (Lipinski definition) is 1. The normalized spacial score (nSPS) is 12.4. The molecule has 0 aromatic heterocycles. The average molecular weight is 282 g/mol. The zero-order chi connectivity index (χ0) is 14.3. The van der Waals surface area contributed by atoms with Crippen molar-refractivity contribution < 1.29 is 14.6 Å². The topological polar surface area (TPSA) is 46.5 Å². The highest BCUT2D eigenvalue weighted by Crippen LogP contribution is 2.32. The summed E-state index contributed by atoms with van der Waals surface area (Å²) in [4.78, 5) is 12.0. The summed E-state index contributed by atoms with van der Waals surface area (Å²) in [6.07, 6.45) is 1.86. The van der Waals surface area contributed by atoms with Crippen LogP contribution in [-0.2, 0) is 4.74 Å². The number of thioether (sulfide) groups is 1. The smallest absolute Gasteiger partial charge is 0.223 e. The first kappa shape index (κ1) is 16.1. The van der Waals surface area contributed by atoms with E-state index in [4.69, 9.17) is 4.74 Å². The number of ether oxygens (including phenoxy) is 1. The highest BCUT2D eigenvalue weighted by atomic mass is 32.2. The van der Waals surface area contributed by atoms with E-state index >= 15 is 0 Å². The molecule has 0 spiro atoms. The SMILES string of the molecule is CCCCSC(=O)c1cccc([C@H](C)OCC)c1O. The number of para-hydroxylation sites is 1. The first-order chi connectivity index (χ1) is 9.11. The molecule has 0 fully saturated rings. The number of phenols is 1. The number of carbonyl (C=O) groups is 1. The van der Waals surface area contributed by atoms with Gasteiger partial charge >= 0.3 is 0 Å². The highest BCUT2D eigenvalue weighted by molar-refractivity contribution is 8.14. The van der Waals surface area contributed by atoms with E-state index in [2.05, 4.69) is 6.92 Å². The molecular formula is C15H22O3S. The van der Waals surface area contributed by atoms with E-state index in [1.807, 2.05) is 13.8 Å². The van der Waals surface area contributed by atoms with Gasteiger partial charge in [0.25, 0.3) is 0 Å². The fraction of sp³-hybridized carbons (Fsp3) is 0.533. The van der Waals surface area contributed by atoms with Gasteiger partial charge in [-0.3, -0.25) is 4.79 Å². The fourth-order valence-corrected chi connectivity index (χ4v) is 2.72. The third-order valence-electron chi connectivity index (χ3n) is 2.87. The molecule has 1 aromatic carbocycles. The van der Waals surface area contributed by atoms with Crippen LogP contribution in [0.5, 0.6) is 5.75 Å². The summed E-state index contributed by atoms with van der Waals surface area (Å²) in [6, 6.07) is 5.25. The molecule has 0 aliphatic heterocycles. The van der Waals surface area contributed by atoms with Crippen molar-refractivity contribution in [3.05, 3.63) is 29.3 Å². The van der Waals surface area contributed by atoms with Gasteiger partial charge in [-0.05, 0) is 26.3 Å². The van der Waals surface area contributed by atoms with E-state index in [1.54, 1.807) is 18.2 Å². The Morgan fingerprint density at radius 1 is 1.42 bits per heavy atom. The quantitative estimate of drug-likeness (QED) is 0.763. The Hall–Kier alpha value is -1.00. The number of rotatable bonds is 7. The largest absolute Gasteiger partial charge is 0.507 e. The first-order valence-electron chi connectivity index (χ1n) is 6.72. The van der Waals surface area contributed by atoms with Crippen molar-refractivity contribution in [2.45, 2.75) is 39.7 Å². The van der Waals surface area contributed by atoms with Gasteiger partial charge in [-0.2, -0.15) is 0 Å². The van der Waals surface area contributed by atoms with Crippen LogP contribution in [0.4, 0.5) is 0 Å². The molecule has 3 nitrogen and oxygen atoms in total. The van der Waals surface area contributed by atoms with Gasteiger partial charge in [-0.25, -0.2) is 0 Å². The van der Waals surface area contributed by atoms with Crippen molar-refractivity contribution >= 4 is 16.9 Å². The van der Waals surface area contributed by atoms with E-state index in [1.165, 1.54) is 11.8 Å². The molecule has 0 saturated heterocycles. The van der Waals surface area contributed by atoms with Crippen molar-refractivity contribution in [1.29, 1.82) is 0 Å². The summed E-state index contributed by atoms with van der Waals surface area (Å²) in [7, 11) is 0. The van der Waals surface area contributed by atoms with Gasteiger partial charge in [0.1, 0.15) is 5.75 Å². The lowest BCUT2D eigenvalue weighted by Gasteiger charge is -2.15. The zero-order valence-corrected chi connectivity index (χ0v) is 12.6. The van der Waals surface area contributed by atoms with Crippen molar-refractivity contribution in [3.63, 3.8) is 0 Å². The Morgan fingerprint density at radius 3 is 2.79 bits per heavy atom. The van der Waals surface area contributed by atoms with Gasteiger partial charge in [0.2, 0.25) is 5.12 Å². The Morgan fingerprint density at radius 2 is 2.16 bits per heavy atom. The van der Waals surface area contributed by atoms with Crippen molar-refractivity contribution in [1.82, 2.24) is 0 Å². The van der Waals surface area contributed by atoms with Crippen LogP contribution >= 0.6 is 11.8 Å². The molecule has 1 rings (SSSR count). The number of unbranched alkanes of at least 4 members (excludes halogenated alkanes) is 1. The number of aromatic hydroxyl groups is 1. The summed E-state index contributed by atoms with van der Waals surface area (Å²) in [5.41, 5.74) is 1.05. The molecule has 0 heterocycles. The van der Waals surface area contributed by atoms with Crippen LogP contribution in [0, 0.1) is 0 Å². The van der Waals surface area contributed by atoms with Crippen LogP contribution < -0.4 is 0 Å². The summed E-state index contributed by atoms with van der Waals surface area (Å²) in [5, 5.41) is 10.1. The van der Waals surface area contributed by atoms with Crippen LogP contribution in [-0.4, -0.2) is 22.6 Å². The van der Waals surface area contributed by atoms with Crippen molar-refractivity contribution in [3.8, 4) is 5.75 Å². The van der Waals surface area contributed by atoms with Gasteiger partial charge < -0.3 is 9.84 Å². The molecular weight excluding hydrogens is 260 g/mol. The van der Waals surface area contributed by atoms with Gasteiger partial charge in [-0.1, -0.05) is 37.2 Å². The van der Waals surface area contributed by atoms with Gasteiger partial charge in [-0.15, -0.1) is 0 Å². The van der Waals surface area contributed by atoms with Crippen LogP contribution in [0.25, 0.3) is 0 Å². The van der Waals surface area contributed by atoms with Crippen LogP contribution in [0.15, 0.2) is 18.2 Å². The third kappa shape index (κ3) is 4.55. The first-order valence-corrected chi connectivity index (χ1v) is 7.70. The minimum absolute atomic E-state index is 0.0532. The molecule has 0 unspecified atom stereocenters. The second-order valence-corrected chi connectivity index (χ2v) is 5.40. The maximum absolute atomic E-state index is 12.0. The highest BCUT2D eigenvalue weighted by Gasteiger charge is 2.17. The second kappa shape index (κ2) is 8.23.